The fraction of sp³-hybridized carbons (Fsp3) is 0. The first-order valence-corrected chi connectivity index (χ1v) is 5.71. The lowest BCUT2D eigenvalue weighted by Crippen LogP contribution is -2.08. The Bertz CT molecular complexity index is 604. The minimum atomic E-state index is -0.333. The summed E-state index contributed by atoms with van der Waals surface area (Å²) >= 11 is 0. The maximum absolute atomic E-state index is 12.7. The number of hydrogen-bond donors (Lipinski definition) is 2. The molecule has 3 N–H and O–H groups in total. The second-order valence-corrected chi connectivity index (χ2v) is 3.91. The van der Waals surface area contributed by atoms with Gasteiger partial charge >= 0.3 is 0 Å². The summed E-state index contributed by atoms with van der Waals surface area (Å²) in [7, 11) is 0. The van der Waals surface area contributed by atoms with Gasteiger partial charge in [-0.05, 0) is 24.3 Å². The lowest BCUT2D eigenvalue weighted by Gasteiger charge is -2.00. The minimum absolute atomic E-state index is 0.0314. The van der Waals surface area contributed by atoms with Crippen molar-refractivity contribution in [3.8, 4) is 0 Å². The Labute approximate surface area is 110 Å². The zero-order valence-corrected chi connectivity index (χ0v) is 10.1. The summed E-state index contributed by atoms with van der Waals surface area (Å²) in [5, 5.41) is 9.85. The molecule has 96 valence electrons. The van der Waals surface area contributed by atoms with Crippen molar-refractivity contribution in [3.05, 3.63) is 72.1 Å². The molecule has 0 bridgehead atoms. The molecular weight excluding hydrogens is 243 g/mol. The monoisotopic (exact) mass is 256 g/mol. The van der Waals surface area contributed by atoms with Crippen LogP contribution >= 0.6 is 0 Å². The highest BCUT2D eigenvalue weighted by atomic mass is 19.1. The van der Waals surface area contributed by atoms with Gasteiger partial charge in [-0.1, -0.05) is 30.3 Å². The zero-order valence-electron chi connectivity index (χ0n) is 10.1. The Kier molecular flexibility index (Phi) is 3.93. The molecule has 0 unspecified atom stereocenters. The summed E-state index contributed by atoms with van der Waals surface area (Å²) in [6.07, 6.45) is 1.36. The zero-order chi connectivity index (χ0) is 13.7. The smallest absolute Gasteiger partial charge is 0.127 e. The van der Waals surface area contributed by atoms with E-state index in [1.807, 2.05) is 18.2 Å². The number of nitrogens with two attached hydrogens (primary N) is 1. The molecule has 19 heavy (non-hydrogen) atoms. The van der Waals surface area contributed by atoms with Crippen molar-refractivity contribution in [2.45, 2.75) is 0 Å². The van der Waals surface area contributed by atoms with E-state index in [0.29, 0.717) is 11.3 Å². The Morgan fingerprint density at radius 3 is 2.32 bits per heavy atom. The quantitative estimate of drug-likeness (QED) is 0.502. The van der Waals surface area contributed by atoms with E-state index in [4.69, 9.17) is 5.73 Å². The first-order valence-electron chi connectivity index (χ1n) is 5.71. The van der Waals surface area contributed by atoms with Crippen LogP contribution in [0.5, 0.6) is 0 Å². The van der Waals surface area contributed by atoms with Gasteiger partial charge < -0.3 is 10.8 Å². The van der Waals surface area contributed by atoms with Crippen molar-refractivity contribution in [1.29, 1.82) is 0 Å². The molecule has 0 fully saturated rings. The maximum atomic E-state index is 12.7. The van der Waals surface area contributed by atoms with E-state index < -0.39 is 0 Å². The first kappa shape index (κ1) is 12.8. The van der Waals surface area contributed by atoms with Gasteiger partial charge in [-0.2, -0.15) is 0 Å². The molecule has 4 heteroatoms. The van der Waals surface area contributed by atoms with Crippen molar-refractivity contribution >= 4 is 17.3 Å². The molecular formula is C15H13FN2O. The molecule has 0 spiro atoms. The highest BCUT2D eigenvalue weighted by Crippen LogP contribution is 2.14. The summed E-state index contributed by atoms with van der Waals surface area (Å²) in [5.74, 6) is -0.155. The molecule has 3 nitrogen and oxygen atoms in total. The van der Waals surface area contributed by atoms with Crippen LogP contribution < -0.4 is 5.73 Å². The molecule has 2 rings (SSSR count). The fourth-order valence-electron chi connectivity index (χ4n) is 1.53. The van der Waals surface area contributed by atoms with Crippen molar-refractivity contribution in [2.75, 3.05) is 0 Å². The number of hydrogen-bond acceptors (Lipinski definition) is 2. The number of rotatable bonds is 3. The normalized spacial score (nSPS) is 12.5. The molecule has 0 saturated carbocycles. The lowest BCUT2D eigenvalue weighted by molar-refractivity contribution is 0.512. The molecule has 0 aliphatic heterocycles. The molecule has 2 aromatic carbocycles. The molecule has 0 amide bonds. The molecule has 0 aromatic heterocycles. The van der Waals surface area contributed by atoms with Crippen LogP contribution in [0.3, 0.4) is 0 Å². The third-order valence-corrected chi connectivity index (χ3v) is 2.44. The van der Waals surface area contributed by atoms with Gasteiger partial charge in [-0.15, -0.1) is 0 Å². The van der Waals surface area contributed by atoms with Crippen molar-refractivity contribution in [2.24, 2.45) is 10.7 Å². The van der Waals surface area contributed by atoms with Gasteiger partial charge in [0.25, 0.3) is 0 Å². The number of aliphatic hydroxyl groups is 1. The van der Waals surface area contributed by atoms with Crippen molar-refractivity contribution in [3.63, 3.8) is 0 Å². The van der Waals surface area contributed by atoms with Crippen LogP contribution in [0, 0.1) is 5.82 Å². The molecule has 0 aliphatic carbocycles. The van der Waals surface area contributed by atoms with Crippen LogP contribution in [-0.2, 0) is 0 Å². The van der Waals surface area contributed by atoms with E-state index in [0.717, 1.165) is 0 Å². The third kappa shape index (κ3) is 3.67. The van der Waals surface area contributed by atoms with E-state index in [-0.39, 0.29) is 17.4 Å². The standard InChI is InChI=1S/C15H13FN2O/c16-12-6-8-13(9-7-12)18-15(17)10-14(19)11-4-2-1-3-5-11/h1-10,19H,(H2,17,18)/b14-10-. The van der Waals surface area contributed by atoms with Crippen LogP contribution in [0.25, 0.3) is 5.76 Å². The Hall–Kier alpha value is -2.62. The molecule has 0 aliphatic rings. The summed E-state index contributed by atoms with van der Waals surface area (Å²) in [6, 6.07) is 14.6. The number of aliphatic hydroxyl groups excluding tert-OH is 1. The average molecular weight is 256 g/mol. The summed E-state index contributed by atoms with van der Waals surface area (Å²) in [5.41, 5.74) is 6.88. The van der Waals surface area contributed by atoms with Gasteiger partial charge in [0.1, 0.15) is 17.4 Å². The van der Waals surface area contributed by atoms with Crippen LogP contribution in [0.15, 0.2) is 65.7 Å². The first-order chi connectivity index (χ1) is 9.15. The second-order valence-electron chi connectivity index (χ2n) is 3.91. The van der Waals surface area contributed by atoms with Gasteiger partial charge in [-0.3, -0.25) is 0 Å². The minimum Gasteiger partial charge on any atom is -0.507 e. The number of benzene rings is 2. The molecule has 0 saturated heterocycles. The predicted octanol–water partition coefficient (Wildman–Crippen LogP) is 3.41. The maximum Gasteiger partial charge on any atom is 0.127 e. The Morgan fingerprint density at radius 1 is 1.05 bits per heavy atom. The van der Waals surface area contributed by atoms with Gasteiger partial charge in [0.2, 0.25) is 0 Å². The van der Waals surface area contributed by atoms with Gasteiger partial charge in [0.15, 0.2) is 0 Å². The predicted molar refractivity (Wildman–Crippen MR) is 74.7 cm³/mol. The van der Waals surface area contributed by atoms with Crippen LogP contribution in [-0.4, -0.2) is 10.9 Å². The lowest BCUT2D eigenvalue weighted by atomic mass is 10.2. The number of amidine groups is 1. The van der Waals surface area contributed by atoms with Gasteiger partial charge in [0.05, 0.1) is 5.69 Å². The SMILES string of the molecule is NC(/C=C(\O)c1ccccc1)=Nc1ccc(F)cc1. The van der Waals surface area contributed by atoms with E-state index in [1.165, 1.54) is 30.3 Å². The van der Waals surface area contributed by atoms with Crippen LogP contribution in [0.1, 0.15) is 5.56 Å². The number of halogens is 1. The van der Waals surface area contributed by atoms with Crippen LogP contribution in [0.2, 0.25) is 0 Å². The number of nitrogens with zero attached hydrogens (tertiary/aromatic N) is 1. The molecule has 0 atom stereocenters. The second kappa shape index (κ2) is 5.82. The average Bonchev–Trinajstić information content (AvgIpc) is 2.42. The van der Waals surface area contributed by atoms with Crippen LogP contribution in [0.4, 0.5) is 10.1 Å². The van der Waals surface area contributed by atoms with Crippen molar-refractivity contribution in [1.82, 2.24) is 0 Å². The van der Waals surface area contributed by atoms with Gasteiger partial charge in [-0.25, -0.2) is 9.38 Å². The summed E-state index contributed by atoms with van der Waals surface area (Å²) in [4.78, 5) is 4.06. The molecule has 2 aromatic rings. The Balaban J connectivity index is 2.20. The van der Waals surface area contributed by atoms with E-state index in [2.05, 4.69) is 4.99 Å². The molecule has 0 radical (unpaired) electrons. The van der Waals surface area contributed by atoms with Crippen molar-refractivity contribution < 1.29 is 9.50 Å². The Morgan fingerprint density at radius 2 is 1.68 bits per heavy atom. The topological polar surface area (TPSA) is 58.6 Å². The van der Waals surface area contributed by atoms with E-state index in [1.54, 1.807) is 12.1 Å². The van der Waals surface area contributed by atoms with Gasteiger partial charge in [0, 0.05) is 11.6 Å². The molecule has 0 heterocycles. The number of aliphatic imine (C=N–C) groups is 1. The van der Waals surface area contributed by atoms with E-state index in [9.17, 15) is 9.50 Å². The largest absolute Gasteiger partial charge is 0.507 e. The van der Waals surface area contributed by atoms with E-state index >= 15 is 0 Å². The third-order valence-electron chi connectivity index (χ3n) is 2.44. The highest BCUT2D eigenvalue weighted by molar-refractivity contribution is 5.98. The summed E-state index contributed by atoms with van der Waals surface area (Å²) < 4.78 is 12.7. The highest BCUT2D eigenvalue weighted by Gasteiger charge is 1.99. The fourth-order valence-corrected chi connectivity index (χ4v) is 1.53. The summed E-state index contributed by atoms with van der Waals surface area (Å²) in [6.45, 7) is 0.